The monoisotopic (exact) mass is 612 g/mol. The van der Waals surface area contributed by atoms with E-state index in [0.717, 1.165) is 53.9 Å². The Morgan fingerprint density at radius 2 is 1.68 bits per heavy atom. The van der Waals surface area contributed by atoms with E-state index < -0.39 is 5.67 Å². The number of para-hydroxylation sites is 1. The lowest BCUT2D eigenvalue weighted by Crippen LogP contribution is -2.47. The Balaban J connectivity index is 1.77. The minimum atomic E-state index is -1.44. The lowest BCUT2D eigenvalue weighted by molar-refractivity contribution is 0.0735. The molecule has 1 amide bonds. The zero-order valence-corrected chi connectivity index (χ0v) is 27.3. The smallest absolute Gasteiger partial charge is 0.265 e. The zero-order valence-electron chi connectivity index (χ0n) is 26.5. The number of amides is 1. The van der Waals surface area contributed by atoms with Gasteiger partial charge in [-0.3, -0.25) is 14.2 Å². The molecule has 4 aromatic rings. The van der Waals surface area contributed by atoms with E-state index in [-0.39, 0.29) is 11.5 Å². The summed E-state index contributed by atoms with van der Waals surface area (Å²) in [4.78, 5) is 35.7. The molecule has 1 aliphatic rings. The molecule has 1 N–H and O–H groups in total. The van der Waals surface area contributed by atoms with E-state index in [2.05, 4.69) is 31.3 Å². The number of rotatable bonds is 8. The van der Waals surface area contributed by atoms with Gasteiger partial charge in [0, 0.05) is 37.1 Å². The van der Waals surface area contributed by atoms with Crippen LogP contribution in [-0.2, 0) is 18.5 Å². The first-order valence-corrected chi connectivity index (χ1v) is 16.2. The molecule has 0 bridgehead atoms. The van der Waals surface area contributed by atoms with Crippen molar-refractivity contribution < 1.29 is 9.18 Å². The first kappa shape index (κ1) is 31.5. The van der Waals surface area contributed by atoms with Gasteiger partial charge in [-0.2, -0.15) is 0 Å². The summed E-state index contributed by atoms with van der Waals surface area (Å²) in [5.74, 6) is -0.0952. The number of halogens is 1. The summed E-state index contributed by atoms with van der Waals surface area (Å²) in [5.41, 5.74) is 5.87. The van der Waals surface area contributed by atoms with Crippen molar-refractivity contribution in [1.29, 1.82) is 0 Å². The summed E-state index contributed by atoms with van der Waals surface area (Å²) in [7, 11) is 0. The van der Waals surface area contributed by atoms with Crippen LogP contribution < -0.4 is 10.9 Å². The summed E-state index contributed by atoms with van der Waals surface area (Å²) in [5, 5.41) is 5.77. The maximum absolute atomic E-state index is 14.7. The van der Waals surface area contributed by atoms with Crippen molar-refractivity contribution in [3.8, 4) is 27.5 Å². The van der Waals surface area contributed by atoms with E-state index in [1.807, 2.05) is 48.4 Å². The molecule has 0 spiro atoms. The number of nitrogens with one attached hydrogen (secondary N) is 1. The Morgan fingerprint density at radius 1 is 1.05 bits per heavy atom. The highest BCUT2D eigenvalue weighted by atomic mass is 32.1. The van der Waals surface area contributed by atoms with Crippen LogP contribution in [0.15, 0.2) is 64.3 Å². The number of hydrogen-bond donors (Lipinski definition) is 1. The predicted octanol–water partition coefficient (Wildman–Crippen LogP) is 7.43. The molecule has 0 atom stereocenters. The Kier molecular flexibility index (Phi) is 9.32. The first-order chi connectivity index (χ1) is 21.0. The molecular weight excluding hydrogens is 571 g/mol. The van der Waals surface area contributed by atoms with Gasteiger partial charge in [-0.05, 0) is 69.4 Å². The highest BCUT2D eigenvalue weighted by molar-refractivity contribution is 7.13. The maximum Gasteiger partial charge on any atom is 0.265 e. The quantitative estimate of drug-likeness (QED) is 0.225. The molecule has 44 heavy (non-hydrogen) atoms. The fourth-order valence-electron chi connectivity index (χ4n) is 5.70. The van der Waals surface area contributed by atoms with Crippen molar-refractivity contribution in [2.75, 3.05) is 26.2 Å². The van der Waals surface area contributed by atoms with E-state index >= 15 is 0 Å². The molecule has 1 fully saturated rings. The fraction of sp³-hybridized carbons (Fsp3) is 0.361. The van der Waals surface area contributed by atoms with Crippen LogP contribution >= 0.6 is 11.3 Å². The van der Waals surface area contributed by atoms with E-state index in [1.54, 1.807) is 22.8 Å². The van der Waals surface area contributed by atoms with Crippen molar-refractivity contribution in [2.24, 2.45) is 0 Å². The van der Waals surface area contributed by atoms with Gasteiger partial charge in [0.15, 0.2) is 0 Å². The molecule has 0 aliphatic carbocycles. The largest absolute Gasteiger partial charge is 0.336 e. The molecule has 1 aliphatic heterocycles. The Bertz CT molecular complexity index is 1730. The number of allylic oxidation sites excluding steroid dienone is 1. The topological polar surface area (TPSA) is 67.2 Å². The maximum atomic E-state index is 14.7. The van der Waals surface area contributed by atoms with Crippen LogP contribution in [0.3, 0.4) is 0 Å². The Morgan fingerprint density at radius 3 is 2.25 bits per heavy atom. The van der Waals surface area contributed by atoms with Gasteiger partial charge in [-0.15, -0.1) is 11.3 Å². The second-order valence-electron chi connectivity index (χ2n) is 12.0. The standard InChI is InChI=1S/C36H41FN4O2S/c1-7-24-10-9-11-25(8-2)32(24)41-31(20-23(3)4)28(34(42)40-18-16-38-17-19-40)21-29(35(41)43)33-39-30(22-44-33)26-12-14-27(15-13-26)36(5,6)37/h9-15,20-22,38H,7-8,16-19H2,1-6H3. The Hall–Kier alpha value is -3.88. The van der Waals surface area contributed by atoms with Crippen molar-refractivity contribution in [1.82, 2.24) is 19.8 Å². The normalized spacial score (nSPS) is 13.7. The third kappa shape index (κ3) is 6.33. The van der Waals surface area contributed by atoms with Gasteiger partial charge < -0.3 is 10.2 Å². The number of alkyl halides is 1. The highest BCUT2D eigenvalue weighted by Gasteiger charge is 2.27. The van der Waals surface area contributed by atoms with Crippen molar-refractivity contribution in [3.63, 3.8) is 0 Å². The third-order valence-electron chi connectivity index (χ3n) is 8.09. The second kappa shape index (κ2) is 13.0. The number of aryl methyl sites for hydroxylation is 2. The second-order valence-corrected chi connectivity index (χ2v) is 12.8. The van der Waals surface area contributed by atoms with Crippen LogP contribution in [0.1, 0.15) is 74.3 Å². The minimum Gasteiger partial charge on any atom is -0.336 e. The van der Waals surface area contributed by atoms with Gasteiger partial charge in [-0.1, -0.05) is 61.9 Å². The molecule has 2 aromatic heterocycles. The molecule has 1 saturated heterocycles. The summed E-state index contributed by atoms with van der Waals surface area (Å²) in [6, 6.07) is 15.2. The number of nitrogens with zero attached hydrogens (tertiary/aromatic N) is 3. The molecule has 230 valence electrons. The van der Waals surface area contributed by atoms with Crippen molar-refractivity contribution in [3.05, 3.63) is 97.8 Å². The highest BCUT2D eigenvalue weighted by Crippen LogP contribution is 2.33. The summed E-state index contributed by atoms with van der Waals surface area (Å²) in [6.45, 7) is 13.9. The van der Waals surface area contributed by atoms with E-state index in [9.17, 15) is 14.0 Å². The van der Waals surface area contributed by atoms with Crippen LogP contribution in [0.2, 0.25) is 0 Å². The number of aromatic nitrogens is 2. The lowest BCUT2D eigenvalue weighted by atomic mass is 9.98. The molecule has 2 aromatic carbocycles. The molecule has 6 nitrogen and oxygen atoms in total. The lowest BCUT2D eigenvalue weighted by Gasteiger charge is -2.29. The summed E-state index contributed by atoms with van der Waals surface area (Å²) >= 11 is 1.37. The van der Waals surface area contributed by atoms with Gasteiger partial charge in [-0.25, -0.2) is 9.37 Å². The average Bonchev–Trinajstić information content (AvgIpc) is 3.51. The number of hydrogen-bond acceptors (Lipinski definition) is 5. The molecular formula is C36H41FN4O2S. The fourth-order valence-corrected chi connectivity index (χ4v) is 6.54. The van der Waals surface area contributed by atoms with Gasteiger partial charge in [0.1, 0.15) is 10.7 Å². The molecule has 0 radical (unpaired) electrons. The summed E-state index contributed by atoms with van der Waals surface area (Å²) in [6.07, 6.45) is 3.43. The molecule has 8 heteroatoms. The number of carbonyl (C=O) groups is 1. The van der Waals surface area contributed by atoms with Gasteiger partial charge in [0.05, 0.1) is 28.2 Å². The average molecular weight is 613 g/mol. The first-order valence-electron chi connectivity index (χ1n) is 15.3. The Labute approximate surface area is 263 Å². The van der Waals surface area contributed by atoms with Crippen molar-refractivity contribution >= 4 is 23.3 Å². The van der Waals surface area contributed by atoms with Crippen LogP contribution in [-0.4, -0.2) is 46.5 Å². The van der Waals surface area contributed by atoms with Crippen LogP contribution in [0, 0.1) is 0 Å². The van der Waals surface area contributed by atoms with Crippen molar-refractivity contribution in [2.45, 2.75) is 60.1 Å². The zero-order chi connectivity index (χ0) is 31.6. The van der Waals surface area contributed by atoms with E-state index in [1.165, 1.54) is 25.2 Å². The van der Waals surface area contributed by atoms with E-state index in [4.69, 9.17) is 4.98 Å². The van der Waals surface area contributed by atoms with Crippen LogP contribution in [0.4, 0.5) is 4.39 Å². The summed E-state index contributed by atoms with van der Waals surface area (Å²) < 4.78 is 16.2. The number of pyridine rings is 1. The number of piperazine rings is 1. The van der Waals surface area contributed by atoms with Gasteiger partial charge in [0.2, 0.25) is 0 Å². The molecule has 0 saturated carbocycles. The van der Waals surface area contributed by atoms with E-state index in [0.29, 0.717) is 46.2 Å². The van der Waals surface area contributed by atoms with Gasteiger partial charge >= 0.3 is 0 Å². The van der Waals surface area contributed by atoms with Crippen LogP contribution in [0.25, 0.3) is 33.6 Å². The van der Waals surface area contributed by atoms with Crippen LogP contribution in [0.5, 0.6) is 0 Å². The minimum absolute atomic E-state index is 0.0952. The van der Waals surface area contributed by atoms with Gasteiger partial charge in [0.25, 0.3) is 11.5 Å². The number of carbonyl (C=O) groups excluding carboxylic acids is 1. The third-order valence-corrected chi connectivity index (χ3v) is 8.96. The molecule has 5 rings (SSSR count). The number of benzene rings is 2. The predicted molar refractivity (Wildman–Crippen MR) is 180 cm³/mol. The SMILES string of the molecule is CCc1cccc(CC)c1-n1c(C=C(C)C)c(C(=O)N2CCNCC2)cc(-c2nc(-c3ccc(C(C)(C)F)cc3)cs2)c1=O. The molecule has 0 unspecified atom stereocenters. The molecule has 3 heterocycles. The number of thiazole rings is 1.